The maximum absolute atomic E-state index is 14.4. The number of benzene rings is 2. The number of hydrogen-bond donors (Lipinski definition) is 3. The molecule has 2 aliphatic heterocycles. The summed E-state index contributed by atoms with van der Waals surface area (Å²) in [5, 5.41) is 15.5. The van der Waals surface area contributed by atoms with Crippen LogP contribution in [0.5, 0.6) is 5.75 Å². The lowest BCUT2D eigenvalue weighted by molar-refractivity contribution is -0.150. The van der Waals surface area contributed by atoms with Crippen LogP contribution < -0.4 is 10.6 Å². The van der Waals surface area contributed by atoms with Crippen molar-refractivity contribution in [2.75, 3.05) is 34.2 Å². The van der Waals surface area contributed by atoms with Crippen LogP contribution in [-0.4, -0.2) is 125 Å². The second-order valence-corrected chi connectivity index (χ2v) is 13.8. The minimum absolute atomic E-state index is 0.0126. The van der Waals surface area contributed by atoms with Gasteiger partial charge >= 0.3 is 0 Å². The average molecular weight is 691 g/mol. The van der Waals surface area contributed by atoms with Gasteiger partial charge in [0, 0.05) is 40.5 Å². The zero-order chi connectivity index (χ0) is 36.7. The first-order valence-electron chi connectivity index (χ1n) is 17.2. The molecule has 2 aromatic carbocycles. The molecule has 13 nitrogen and oxygen atoms in total. The normalized spacial score (nSPS) is 25.0. The molecular weight excluding hydrogens is 640 g/mol. The molecule has 2 saturated heterocycles. The van der Waals surface area contributed by atoms with Crippen LogP contribution in [0.3, 0.4) is 0 Å². The largest absolute Gasteiger partial charge is 0.508 e. The summed E-state index contributed by atoms with van der Waals surface area (Å²) in [6, 6.07) is 10.5. The van der Waals surface area contributed by atoms with Gasteiger partial charge in [-0.15, -0.1) is 0 Å². The van der Waals surface area contributed by atoms with E-state index in [0.717, 1.165) is 5.56 Å². The molecule has 5 atom stereocenters. The molecule has 6 amide bonds. The third-order valence-corrected chi connectivity index (χ3v) is 9.58. The van der Waals surface area contributed by atoms with Crippen molar-refractivity contribution in [3.8, 4) is 5.75 Å². The van der Waals surface area contributed by atoms with Crippen LogP contribution in [-0.2, 0) is 41.6 Å². The monoisotopic (exact) mass is 690 g/mol. The lowest BCUT2D eigenvalue weighted by Crippen LogP contribution is -2.60. The minimum atomic E-state index is -1.10. The molecule has 0 spiro atoms. The van der Waals surface area contributed by atoms with Gasteiger partial charge in [-0.3, -0.25) is 28.8 Å². The van der Waals surface area contributed by atoms with Crippen molar-refractivity contribution in [2.24, 2.45) is 5.92 Å². The summed E-state index contributed by atoms with van der Waals surface area (Å²) in [6.07, 6.45) is 1.45. The second-order valence-electron chi connectivity index (χ2n) is 13.8. The number of nitrogens with one attached hydrogen (secondary N) is 2. The third kappa shape index (κ3) is 9.19. The molecule has 0 saturated carbocycles. The van der Waals surface area contributed by atoms with Crippen molar-refractivity contribution < 1.29 is 33.9 Å². The quantitative estimate of drug-likeness (QED) is 0.413. The molecule has 0 radical (unpaired) electrons. The predicted octanol–water partition coefficient (Wildman–Crippen LogP) is 1.33. The van der Waals surface area contributed by atoms with Gasteiger partial charge in [0.2, 0.25) is 35.4 Å². The smallest absolute Gasteiger partial charge is 0.246 e. The number of phenols is 1. The summed E-state index contributed by atoms with van der Waals surface area (Å²) in [5.74, 6) is -2.92. The zero-order valence-electron chi connectivity index (χ0n) is 29.8. The zero-order valence-corrected chi connectivity index (χ0v) is 29.8. The van der Waals surface area contributed by atoms with E-state index in [9.17, 15) is 33.9 Å². The lowest BCUT2D eigenvalue weighted by Gasteiger charge is -2.36. The average Bonchev–Trinajstić information content (AvgIpc) is 3.59. The Morgan fingerprint density at radius 2 is 1.34 bits per heavy atom. The molecule has 2 heterocycles. The van der Waals surface area contributed by atoms with Crippen molar-refractivity contribution >= 4 is 35.4 Å². The molecule has 13 heteroatoms. The Bertz CT molecular complexity index is 1550. The summed E-state index contributed by atoms with van der Waals surface area (Å²) in [7, 11) is 4.44. The molecule has 0 aromatic heterocycles. The van der Waals surface area contributed by atoms with Crippen LogP contribution in [0.1, 0.15) is 51.2 Å². The highest BCUT2D eigenvalue weighted by Crippen LogP contribution is 2.24. The van der Waals surface area contributed by atoms with Crippen LogP contribution in [0, 0.1) is 5.92 Å². The maximum Gasteiger partial charge on any atom is 0.246 e. The van der Waals surface area contributed by atoms with Crippen LogP contribution >= 0.6 is 0 Å². The van der Waals surface area contributed by atoms with Gasteiger partial charge in [0.05, 0.1) is 6.54 Å². The van der Waals surface area contributed by atoms with Crippen LogP contribution in [0.2, 0.25) is 0 Å². The first-order valence-corrected chi connectivity index (χ1v) is 17.2. The molecular formula is C37H50N6O7. The van der Waals surface area contributed by atoms with Crippen molar-refractivity contribution in [3.05, 3.63) is 65.7 Å². The molecule has 0 unspecified atom stereocenters. The molecule has 3 N–H and O–H groups in total. The molecule has 2 aliphatic rings. The molecule has 270 valence electrons. The SMILES string of the molecule is CC(C)C[C@H]1C(=O)N2CCC[C@H]2C(=O)N[C@@H](Cc2ccc(O)cc2)C(=O)N(C)[C@H](C)C(=O)N(C)CC(=O)N[C@@H](Cc2ccccc2)C(=O)N1C. The Morgan fingerprint density at radius 3 is 1.96 bits per heavy atom. The van der Waals surface area contributed by atoms with Gasteiger partial charge in [-0.1, -0.05) is 56.3 Å². The van der Waals surface area contributed by atoms with Gasteiger partial charge in [-0.25, -0.2) is 0 Å². The summed E-state index contributed by atoms with van der Waals surface area (Å²) in [4.78, 5) is 88.8. The number of nitrogens with zero attached hydrogens (tertiary/aromatic N) is 4. The van der Waals surface area contributed by atoms with E-state index in [0.29, 0.717) is 31.4 Å². The molecule has 4 rings (SSSR count). The number of hydrogen-bond acceptors (Lipinski definition) is 7. The van der Waals surface area contributed by atoms with E-state index < -0.39 is 59.7 Å². The Kier molecular flexibility index (Phi) is 12.6. The van der Waals surface area contributed by atoms with Crippen molar-refractivity contribution in [1.82, 2.24) is 30.2 Å². The number of amides is 6. The first kappa shape index (κ1) is 37.9. The molecule has 0 aliphatic carbocycles. The van der Waals surface area contributed by atoms with E-state index in [1.54, 1.807) is 19.2 Å². The Morgan fingerprint density at radius 1 is 0.760 bits per heavy atom. The number of rotatable bonds is 6. The number of phenolic OH excluding ortho intramolecular Hbond substituents is 1. The summed E-state index contributed by atoms with van der Waals surface area (Å²) in [5.41, 5.74) is 1.45. The van der Waals surface area contributed by atoms with Gasteiger partial charge in [-0.2, -0.15) is 0 Å². The minimum Gasteiger partial charge on any atom is -0.508 e. The van der Waals surface area contributed by atoms with E-state index in [1.807, 2.05) is 44.2 Å². The maximum atomic E-state index is 14.4. The van der Waals surface area contributed by atoms with E-state index in [1.165, 1.54) is 52.8 Å². The summed E-state index contributed by atoms with van der Waals surface area (Å²) >= 11 is 0. The molecule has 50 heavy (non-hydrogen) atoms. The van der Waals surface area contributed by atoms with Gasteiger partial charge in [0.15, 0.2) is 0 Å². The van der Waals surface area contributed by atoms with Gasteiger partial charge in [0.1, 0.15) is 36.0 Å². The van der Waals surface area contributed by atoms with Crippen molar-refractivity contribution in [1.29, 1.82) is 0 Å². The van der Waals surface area contributed by atoms with Crippen LogP contribution in [0.25, 0.3) is 0 Å². The number of aromatic hydroxyl groups is 1. The Balaban J connectivity index is 1.74. The summed E-state index contributed by atoms with van der Waals surface area (Å²) < 4.78 is 0. The lowest BCUT2D eigenvalue weighted by atomic mass is 9.98. The van der Waals surface area contributed by atoms with E-state index >= 15 is 0 Å². The summed E-state index contributed by atoms with van der Waals surface area (Å²) in [6.45, 7) is 5.34. The van der Waals surface area contributed by atoms with E-state index in [2.05, 4.69) is 10.6 Å². The fraction of sp³-hybridized carbons (Fsp3) is 0.514. The van der Waals surface area contributed by atoms with Crippen molar-refractivity contribution in [2.45, 2.75) is 83.1 Å². The van der Waals surface area contributed by atoms with E-state index in [-0.39, 0.29) is 37.0 Å². The fourth-order valence-corrected chi connectivity index (χ4v) is 6.61. The molecule has 0 bridgehead atoms. The third-order valence-electron chi connectivity index (χ3n) is 9.58. The van der Waals surface area contributed by atoms with Crippen molar-refractivity contribution in [3.63, 3.8) is 0 Å². The van der Waals surface area contributed by atoms with E-state index in [4.69, 9.17) is 0 Å². The predicted molar refractivity (Wildman–Crippen MR) is 186 cm³/mol. The van der Waals surface area contributed by atoms with Crippen LogP contribution in [0.15, 0.2) is 54.6 Å². The highest BCUT2D eigenvalue weighted by Gasteiger charge is 2.42. The topological polar surface area (TPSA) is 160 Å². The first-order chi connectivity index (χ1) is 23.7. The Hall–Kier alpha value is -4.94. The van der Waals surface area contributed by atoms with Crippen LogP contribution in [0.4, 0.5) is 0 Å². The standard InChI is InChI=1S/C37H50N6O7/c1-23(2)19-31-37(50)43-18-10-13-30(43)33(46)39-29(21-26-14-16-27(44)17-15-26)35(48)41(5)24(3)34(47)40(4)22-32(45)38-28(36(49)42(31)6)20-25-11-8-7-9-12-25/h7-9,11-12,14-17,23-24,28-31,44H,10,13,18-22H2,1-6H3,(H,38,45)(H,39,46)/t24-,28+,29+,30+,31+/m1/s1. The van der Waals surface area contributed by atoms with Gasteiger partial charge in [-0.05, 0) is 55.4 Å². The van der Waals surface area contributed by atoms with Gasteiger partial charge < -0.3 is 35.3 Å². The fourth-order valence-electron chi connectivity index (χ4n) is 6.61. The molecule has 2 aromatic rings. The highest BCUT2D eigenvalue weighted by molar-refractivity contribution is 5.97. The number of fused-ring (bicyclic) bond motifs is 1. The Labute approximate surface area is 294 Å². The highest BCUT2D eigenvalue weighted by atomic mass is 16.3. The second kappa shape index (κ2) is 16.6. The number of carbonyl (C=O) groups excluding carboxylic acids is 6. The number of carbonyl (C=O) groups is 6. The van der Waals surface area contributed by atoms with Gasteiger partial charge in [0.25, 0.3) is 0 Å². The molecule has 2 fully saturated rings. The number of likely N-dealkylation sites (N-methyl/N-ethyl adjacent to an activating group) is 3.